The molecule has 7 nitrogen and oxygen atoms in total. The summed E-state index contributed by atoms with van der Waals surface area (Å²) in [5.74, 6) is -0.0687. The van der Waals surface area contributed by atoms with Crippen LogP contribution in [0.5, 0.6) is 0 Å². The van der Waals surface area contributed by atoms with Crippen LogP contribution in [-0.2, 0) is 17.9 Å². The summed E-state index contributed by atoms with van der Waals surface area (Å²) in [6, 6.07) is 1.32. The zero-order valence-corrected chi connectivity index (χ0v) is 12.2. The van der Waals surface area contributed by atoms with Crippen molar-refractivity contribution in [3.63, 3.8) is 0 Å². The number of likely N-dealkylation sites (tertiary alicyclic amines) is 1. The van der Waals surface area contributed by atoms with Gasteiger partial charge in [-0.05, 0) is 32.2 Å². The van der Waals surface area contributed by atoms with E-state index in [0.29, 0.717) is 13.0 Å². The zero-order valence-electron chi connectivity index (χ0n) is 12.2. The third-order valence-electron chi connectivity index (χ3n) is 3.74. The van der Waals surface area contributed by atoms with Crippen molar-refractivity contribution in [1.29, 1.82) is 0 Å². The van der Waals surface area contributed by atoms with Gasteiger partial charge in [-0.15, -0.1) is 0 Å². The first-order valence-corrected chi connectivity index (χ1v) is 7.41. The molecule has 0 bridgehead atoms. The van der Waals surface area contributed by atoms with Crippen LogP contribution in [0, 0.1) is 0 Å². The van der Waals surface area contributed by atoms with Crippen LogP contribution < -0.4 is 17.0 Å². The summed E-state index contributed by atoms with van der Waals surface area (Å²) in [5.41, 5.74) is 4.61. The van der Waals surface area contributed by atoms with E-state index in [2.05, 4.69) is 0 Å². The molecule has 2 rings (SSSR count). The molecule has 2 heterocycles. The van der Waals surface area contributed by atoms with E-state index in [0.717, 1.165) is 36.9 Å². The Labute approximate surface area is 123 Å². The SMILES string of the molecule is NCCCn1c(=O)ccn(CC(=O)N2CCCCC2)c1=O. The molecule has 2 N–H and O–H groups in total. The van der Waals surface area contributed by atoms with Gasteiger partial charge in [0.2, 0.25) is 5.91 Å². The highest BCUT2D eigenvalue weighted by atomic mass is 16.2. The van der Waals surface area contributed by atoms with Crippen molar-refractivity contribution >= 4 is 5.91 Å². The molecule has 0 atom stereocenters. The first-order valence-electron chi connectivity index (χ1n) is 7.41. The lowest BCUT2D eigenvalue weighted by molar-refractivity contribution is -0.132. The molecular weight excluding hydrogens is 272 g/mol. The van der Waals surface area contributed by atoms with Gasteiger partial charge in [0, 0.05) is 31.9 Å². The van der Waals surface area contributed by atoms with Crippen molar-refractivity contribution in [3.05, 3.63) is 33.1 Å². The zero-order chi connectivity index (χ0) is 15.2. The minimum atomic E-state index is -0.443. The Bertz CT molecular complexity index is 599. The van der Waals surface area contributed by atoms with E-state index in [4.69, 9.17) is 5.73 Å². The van der Waals surface area contributed by atoms with Crippen molar-refractivity contribution in [2.24, 2.45) is 5.73 Å². The Morgan fingerprint density at radius 1 is 1.19 bits per heavy atom. The largest absolute Gasteiger partial charge is 0.341 e. The fraction of sp³-hybridized carbons (Fsp3) is 0.643. The molecule has 1 fully saturated rings. The van der Waals surface area contributed by atoms with Gasteiger partial charge in [-0.2, -0.15) is 0 Å². The molecule has 0 saturated carbocycles. The van der Waals surface area contributed by atoms with Crippen LogP contribution in [0.4, 0.5) is 0 Å². The van der Waals surface area contributed by atoms with Crippen molar-refractivity contribution in [1.82, 2.24) is 14.0 Å². The third-order valence-corrected chi connectivity index (χ3v) is 3.74. The van der Waals surface area contributed by atoms with Gasteiger partial charge in [-0.3, -0.25) is 18.7 Å². The molecule has 0 aromatic carbocycles. The van der Waals surface area contributed by atoms with E-state index in [9.17, 15) is 14.4 Å². The standard InChI is InChI=1S/C14H22N4O3/c15-6-4-9-18-12(19)5-10-17(14(18)21)11-13(20)16-7-2-1-3-8-16/h5,10H,1-4,6-9,11,15H2. The molecule has 0 radical (unpaired) electrons. The summed E-state index contributed by atoms with van der Waals surface area (Å²) < 4.78 is 2.44. The van der Waals surface area contributed by atoms with Crippen LogP contribution in [0.2, 0.25) is 0 Å². The molecule has 1 aliphatic heterocycles. The lowest BCUT2D eigenvalue weighted by Crippen LogP contribution is -2.44. The molecule has 0 unspecified atom stereocenters. The third kappa shape index (κ3) is 3.81. The molecule has 116 valence electrons. The predicted octanol–water partition coefficient (Wildman–Crippen LogP) is -0.629. The number of rotatable bonds is 5. The van der Waals surface area contributed by atoms with Gasteiger partial charge in [0.15, 0.2) is 0 Å². The predicted molar refractivity (Wildman–Crippen MR) is 79.1 cm³/mol. The van der Waals surface area contributed by atoms with Gasteiger partial charge in [0.1, 0.15) is 6.54 Å². The normalized spacial score (nSPS) is 15.2. The number of piperidine rings is 1. The molecule has 21 heavy (non-hydrogen) atoms. The lowest BCUT2D eigenvalue weighted by Gasteiger charge is -2.26. The Hall–Kier alpha value is -1.89. The fourth-order valence-corrected chi connectivity index (χ4v) is 2.52. The molecule has 1 aromatic rings. The van der Waals surface area contributed by atoms with E-state index in [1.807, 2.05) is 0 Å². The van der Waals surface area contributed by atoms with Gasteiger partial charge < -0.3 is 10.6 Å². The highest BCUT2D eigenvalue weighted by molar-refractivity contribution is 5.76. The number of hydrogen-bond acceptors (Lipinski definition) is 4. The number of carbonyl (C=O) groups is 1. The number of amides is 1. The lowest BCUT2D eigenvalue weighted by atomic mass is 10.1. The van der Waals surface area contributed by atoms with Crippen molar-refractivity contribution in [3.8, 4) is 0 Å². The molecule has 0 aliphatic carbocycles. The van der Waals surface area contributed by atoms with Crippen LogP contribution in [0.25, 0.3) is 0 Å². The number of nitrogens with two attached hydrogens (primary N) is 1. The average molecular weight is 294 g/mol. The number of nitrogens with zero attached hydrogens (tertiary/aromatic N) is 3. The van der Waals surface area contributed by atoms with Gasteiger partial charge in [-0.1, -0.05) is 0 Å². The first-order chi connectivity index (χ1) is 10.1. The molecule has 1 saturated heterocycles. The minimum Gasteiger partial charge on any atom is -0.341 e. The number of carbonyl (C=O) groups excluding carboxylic acids is 1. The van der Waals surface area contributed by atoms with Crippen LogP contribution in [0.15, 0.2) is 21.9 Å². The summed E-state index contributed by atoms with van der Waals surface area (Å²) in [6.07, 6.45) is 5.12. The number of aromatic nitrogens is 2. The summed E-state index contributed by atoms with van der Waals surface area (Å²) >= 11 is 0. The Balaban J connectivity index is 2.14. The summed E-state index contributed by atoms with van der Waals surface area (Å²) in [4.78, 5) is 37.9. The molecule has 1 aliphatic rings. The Morgan fingerprint density at radius 2 is 1.90 bits per heavy atom. The molecule has 0 spiro atoms. The van der Waals surface area contributed by atoms with E-state index in [1.54, 1.807) is 4.90 Å². The topological polar surface area (TPSA) is 90.3 Å². The van der Waals surface area contributed by atoms with Crippen LogP contribution in [0.3, 0.4) is 0 Å². The smallest absolute Gasteiger partial charge is 0.331 e. The summed E-state index contributed by atoms with van der Waals surface area (Å²) in [6.45, 7) is 2.18. The Morgan fingerprint density at radius 3 is 2.57 bits per heavy atom. The second-order valence-electron chi connectivity index (χ2n) is 5.30. The minimum absolute atomic E-state index is 0.0122. The van der Waals surface area contributed by atoms with Crippen LogP contribution >= 0.6 is 0 Å². The second kappa shape index (κ2) is 7.21. The quantitative estimate of drug-likeness (QED) is 0.783. The van der Waals surface area contributed by atoms with Gasteiger partial charge >= 0.3 is 5.69 Å². The maximum atomic E-state index is 12.2. The monoisotopic (exact) mass is 294 g/mol. The van der Waals surface area contributed by atoms with Gasteiger partial charge in [0.25, 0.3) is 5.56 Å². The molecule has 1 amide bonds. The van der Waals surface area contributed by atoms with Crippen molar-refractivity contribution < 1.29 is 4.79 Å². The second-order valence-corrected chi connectivity index (χ2v) is 5.30. The van der Waals surface area contributed by atoms with Crippen molar-refractivity contribution in [2.75, 3.05) is 19.6 Å². The average Bonchev–Trinajstić information content (AvgIpc) is 2.51. The van der Waals surface area contributed by atoms with Gasteiger partial charge in [-0.25, -0.2) is 4.79 Å². The maximum Gasteiger partial charge on any atom is 0.331 e. The highest BCUT2D eigenvalue weighted by Gasteiger charge is 2.17. The van der Waals surface area contributed by atoms with Crippen molar-refractivity contribution in [2.45, 2.75) is 38.8 Å². The van der Waals surface area contributed by atoms with E-state index < -0.39 is 5.69 Å². The van der Waals surface area contributed by atoms with Gasteiger partial charge in [0.05, 0.1) is 0 Å². The molecular formula is C14H22N4O3. The van der Waals surface area contributed by atoms with Crippen LogP contribution in [-0.4, -0.2) is 39.6 Å². The van der Waals surface area contributed by atoms with E-state index in [1.165, 1.54) is 16.8 Å². The Kier molecular flexibility index (Phi) is 5.32. The highest BCUT2D eigenvalue weighted by Crippen LogP contribution is 2.08. The summed E-state index contributed by atoms with van der Waals surface area (Å²) in [7, 11) is 0. The molecule has 1 aromatic heterocycles. The fourth-order valence-electron chi connectivity index (χ4n) is 2.52. The van der Waals surface area contributed by atoms with Crippen LogP contribution in [0.1, 0.15) is 25.7 Å². The maximum absolute atomic E-state index is 12.2. The number of hydrogen-bond donors (Lipinski definition) is 1. The molecule has 7 heteroatoms. The first kappa shape index (κ1) is 15.5. The van der Waals surface area contributed by atoms with E-state index >= 15 is 0 Å². The summed E-state index contributed by atoms with van der Waals surface area (Å²) in [5, 5.41) is 0. The van der Waals surface area contributed by atoms with E-state index in [-0.39, 0.29) is 24.6 Å².